The highest BCUT2D eigenvalue weighted by molar-refractivity contribution is 5.71. The molecule has 0 radical (unpaired) electrons. The third kappa shape index (κ3) is 6.70. The van der Waals surface area contributed by atoms with Crippen LogP contribution in [-0.2, 0) is 0 Å². The predicted octanol–water partition coefficient (Wildman–Crippen LogP) is 3.01. The topological polar surface area (TPSA) is 24.4 Å². The van der Waals surface area contributed by atoms with Crippen LogP contribution in [0.25, 0.3) is 0 Å². The van der Waals surface area contributed by atoms with Crippen LogP contribution in [0.1, 0.15) is 40.0 Å². The maximum atomic E-state index is 3.92. The Bertz CT molecular complexity index is 183. The van der Waals surface area contributed by atoms with Crippen LogP contribution < -0.4 is 5.32 Å². The van der Waals surface area contributed by atoms with E-state index in [9.17, 15) is 0 Å². The first-order valence-corrected chi connectivity index (χ1v) is 5.57. The van der Waals surface area contributed by atoms with Gasteiger partial charge in [-0.3, -0.25) is 4.99 Å². The Labute approximate surface area is 88.5 Å². The maximum Gasteiger partial charge on any atom is 0.0277 e. The lowest BCUT2D eigenvalue weighted by Crippen LogP contribution is -2.20. The number of hydrogen-bond acceptors (Lipinski definition) is 2. The molecule has 0 amide bonds. The fourth-order valence-corrected chi connectivity index (χ4v) is 1.41. The van der Waals surface area contributed by atoms with E-state index in [-0.39, 0.29) is 0 Å². The van der Waals surface area contributed by atoms with Gasteiger partial charge in [0.25, 0.3) is 0 Å². The van der Waals surface area contributed by atoms with Gasteiger partial charge in [0.15, 0.2) is 0 Å². The summed E-state index contributed by atoms with van der Waals surface area (Å²) in [6, 6.07) is 0. The number of rotatable bonds is 7. The molecule has 0 fully saturated rings. The zero-order chi connectivity index (χ0) is 10.8. The van der Waals surface area contributed by atoms with Gasteiger partial charge in [-0.1, -0.05) is 26.7 Å². The van der Waals surface area contributed by atoms with E-state index in [1.165, 1.54) is 25.0 Å². The van der Waals surface area contributed by atoms with Crippen molar-refractivity contribution in [2.75, 3.05) is 13.6 Å². The second-order valence-electron chi connectivity index (χ2n) is 3.70. The van der Waals surface area contributed by atoms with Gasteiger partial charge in [-0.25, -0.2) is 0 Å². The summed E-state index contributed by atoms with van der Waals surface area (Å²) >= 11 is 0. The van der Waals surface area contributed by atoms with Crippen LogP contribution in [0.5, 0.6) is 0 Å². The Balaban J connectivity index is 3.78. The van der Waals surface area contributed by atoms with Crippen LogP contribution in [0.15, 0.2) is 16.8 Å². The molecule has 2 heteroatoms. The number of aliphatic imine (C=N–C) groups is 1. The summed E-state index contributed by atoms with van der Waals surface area (Å²) in [6.45, 7) is 7.67. The van der Waals surface area contributed by atoms with Gasteiger partial charge in [-0.05, 0) is 25.3 Å². The van der Waals surface area contributed by atoms with E-state index >= 15 is 0 Å². The number of nitrogens with zero attached hydrogens (tertiary/aromatic N) is 1. The lowest BCUT2D eigenvalue weighted by molar-refractivity contribution is 0.447. The third-order valence-corrected chi connectivity index (χ3v) is 2.42. The minimum absolute atomic E-state index is 0.807. The molecule has 14 heavy (non-hydrogen) atoms. The molecule has 0 spiro atoms. The van der Waals surface area contributed by atoms with Gasteiger partial charge < -0.3 is 5.32 Å². The molecule has 0 aliphatic rings. The largest absolute Gasteiger partial charge is 0.388 e. The molecule has 0 rings (SSSR count). The van der Waals surface area contributed by atoms with E-state index in [1.807, 2.05) is 12.3 Å². The quantitative estimate of drug-likeness (QED) is 0.622. The zero-order valence-electron chi connectivity index (χ0n) is 10.0. The molecule has 0 saturated heterocycles. The predicted molar refractivity (Wildman–Crippen MR) is 64.9 cm³/mol. The maximum absolute atomic E-state index is 3.92. The number of hydrogen-bond donors (Lipinski definition) is 1. The van der Waals surface area contributed by atoms with E-state index < -0.39 is 0 Å². The van der Waals surface area contributed by atoms with Crippen molar-refractivity contribution in [3.05, 3.63) is 11.8 Å². The van der Waals surface area contributed by atoms with Gasteiger partial charge >= 0.3 is 0 Å². The lowest BCUT2D eigenvalue weighted by Gasteiger charge is -2.15. The van der Waals surface area contributed by atoms with E-state index in [4.69, 9.17) is 0 Å². The van der Waals surface area contributed by atoms with Gasteiger partial charge in [0.1, 0.15) is 0 Å². The van der Waals surface area contributed by atoms with E-state index in [0.29, 0.717) is 0 Å². The molecule has 0 aromatic heterocycles. The number of allylic oxidation sites excluding steroid dienone is 2. The van der Waals surface area contributed by atoms with Crippen molar-refractivity contribution in [2.45, 2.75) is 40.0 Å². The molecule has 0 aliphatic carbocycles. The molecule has 1 N–H and O–H groups in total. The molecular formula is C12H24N2. The first-order chi connectivity index (χ1) is 6.74. The fourth-order valence-electron chi connectivity index (χ4n) is 1.41. The molecule has 0 saturated carbocycles. The number of nitrogens with one attached hydrogen (secondary N) is 1. The van der Waals surface area contributed by atoms with Crippen molar-refractivity contribution in [3.63, 3.8) is 0 Å². The zero-order valence-corrected chi connectivity index (χ0v) is 10.0. The van der Waals surface area contributed by atoms with Crippen LogP contribution in [0.2, 0.25) is 0 Å². The molecule has 0 aromatic carbocycles. The van der Waals surface area contributed by atoms with Crippen LogP contribution >= 0.6 is 0 Å². The molecule has 1 unspecified atom stereocenters. The van der Waals surface area contributed by atoms with E-state index in [1.54, 1.807) is 7.05 Å². The van der Waals surface area contributed by atoms with Gasteiger partial charge in [0.05, 0.1) is 0 Å². The van der Waals surface area contributed by atoms with E-state index in [2.05, 4.69) is 31.1 Å². The minimum Gasteiger partial charge on any atom is -0.388 e. The normalized spacial score (nSPS) is 14.7. The molecule has 0 bridgehead atoms. The Morgan fingerprint density at radius 3 is 2.64 bits per heavy atom. The summed E-state index contributed by atoms with van der Waals surface area (Å²) in [4.78, 5) is 3.92. The summed E-state index contributed by atoms with van der Waals surface area (Å²) in [5, 5.41) is 3.42. The monoisotopic (exact) mass is 196 g/mol. The Kier molecular flexibility index (Phi) is 8.30. The SMILES string of the molecule is CCCC(CC)CN/C(C)=C\C=NC. The molecule has 1 atom stereocenters. The molecule has 0 aromatic rings. The standard InChI is InChI=1S/C12H24N2/c1-5-7-12(6-2)10-14-11(3)8-9-13-4/h8-9,12,14H,5-7,10H2,1-4H3/b11-8-,13-9?. The molecule has 82 valence electrons. The van der Waals surface area contributed by atoms with Gasteiger partial charge in [0, 0.05) is 25.5 Å². The Hall–Kier alpha value is -0.790. The second kappa shape index (κ2) is 8.79. The average Bonchev–Trinajstić information content (AvgIpc) is 2.21. The van der Waals surface area contributed by atoms with Gasteiger partial charge in [-0.15, -0.1) is 0 Å². The molecule has 0 aliphatic heterocycles. The van der Waals surface area contributed by atoms with Crippen LogP contribution in [-0.4, -0.2) is 19.8 Å². The second-order valence-corrected chi connectivity index (χ2v) is 3.70. The molecule has 0 heterocycles. The highest BCUT2D eigenvalue weighted by atomic mass is 14.9. The lowest BCUT2D eigenvalue weighted by atomic mass is 10.0. The summed E-state index contributed by atoms with van der Waals surface area (Å²) in [5.41, 5.74) is 1.20. The highest BCUT2D eigenvalue weighted by Gasteiger charge is 2.03. The Morgan fingerprint density at radius 1 is 1.43 bits per heavy atom. The molecular weight excluding hydrogens is 172 g/mol. The fraction of sp³-hybridized carbons (Fsp3) is 0.750. The summed E-state index contributed by atoms with van der Waals surface area (Å²) in [7, 11) is 1.79. The molecule has 2 nitrogen and oxygen atoms in total. The van der Waals surface area contributed by atoms with Crippen LogP contribution in [0, 0.1) is 5.92 Å². The van der Waals surface area contributed by atoms with Crippen molar-refractivity contribution in [1.82, 2.24) is 5.32 Å². The minimum atomic E-state index is 0.807. The van der Waals surface area contributed by atoms with Gasteiger partial charge in [0.2, 0.25) is 0 Å². The van der Waals surface area contributed by atoms with Gasteiger partial charge in [-0.2, -0.15) is 0 Å². The summed E-state index contributed by atoms with van der Waals surface area (Å²) in [5.74, 6) is 0.807. The van der Waals surface area contributed by atoms with Crippen molar-refractivity contribution in [1.29, 1.82) is 0 Å². The summed E-state index contributed by atoms with van der Waals surface area (Å²) in [6.07, 6.45) is 7.69. The first-order valence-electron chi connectivity index (χ1n) is 5.57. The van der Waals surface area contributed by atoms with Crippen molar-refractivity contribution < 1.29 is 0 Å². The first kappa shape index (κ1) is 13.2. The summed E-state index contributed by atoms with van der Waals surface area (Å²) < 4.78 is 0. The van der Waals surface area contributed by atoms with Crippen LogP contribution in [0.3, 0.4) is 0 Å². The van der Waals surface area contributed by atoms with Crippen LogP contribution in [0.4, 0.5) is 0 Å². The third-order valence-electron chi connectivity index (χ3n) is 2.42. The highest BCUT2D eigenvalue weighted by Crippen LogP contribution is 2.09. The average molecular weight is 196 g/mol. The van der Waals surface area contributed by atoms with E-state index in [0.717, 1.165) is 12.5 Å². The Morgan fingerprint density at radius 2 is 2.14 bits per heavy atom. The van der Waals surface area contributed by atoms with Crippen molar-refractivity contribution in [3.8, 4) is 0 Å². The van der Waals surface area contributed by atoms with Crippen molar-refractivity contribution in [2.24, 2.45) is 10.9 Å². The smallest absolute Gasteiger partial charge is 0.0277 e. The van der Waals surface area contributed by atoms with Crippen molar-refractivity contribution >= 4 is 6.21 Å².